The molecule has 0 amide bonds. The van der Waals surface area contributed by atoms with Gasteiger partial charge >= 0.3 is 0 Å². The quantitative estimate of drug-likeness (QED) is 0.762. The van der Waals surface area contributed by atoms with Crippen LogP contribution in [0.5, 0.6) is 0 Å². The first-order chi connectivity index (χ1) is 7.98. The fraction of sp³-hybridized carbons (Fsp3) is 0.833. The van der Waals surface area contributed by atoms with Crippen molar-refractivity contribution in [2.24, 2.45) is 5.73 Å². The van der Waals surface area contributed by atoms with Gasteiger partial charge in [0.1, 0.15) is 5.69 Å². The molecule has 17 heavy (non-hydrogen) atoms. The van der Waals surface area contributed by atoms with E-state index in [4.69, 9.17) is 5.73 Å². The van der Waals surface area contributed by atoms with Crippen molar-refractivity contribution in [3.05, 3.63) is 11.9 Å². The molecule has 5 nitrogen and oxygen atoms in total. The SMILES string of the molecule is CC(C)(N)c1cn(C2CCCCCC2O)nn1. The zero-order valence-corrected chi connectivity index (χ0v) is 10.6. The number of aliphatic hydroxyl groups excluding tert-OH is 1. The Labute approximate surface area is 102 Å². The van der Waals surface area contributed by atoms with E-state index in [9.17, 15) is 5.11 Å². The second-order valence-corrected chi connectivity index (χ2v) is 5.58. The number of hydrogen-bond donors (Lipinski definition) is 2. The molecule has 0 aromatic carbocycles. The second-order valence-electron chi connectivity index (χ2n) is 5.58. The number of nitrogens with zero attached hydrogens (tertiary/aromatic N) is 3. The second kappa shape index (κ2) is 4.74. The first-order valence-corrected chi connectivity index (χ1v) is 6.38. The Hall–Kier alpha value is -0.940. The smallest absolute Gasteiger partial charge is 0.102 e. The highest BCUT2D eigenvalue weighted by Gasteiger charge is 2.26. The summed E-state index contributed by atoms with van der Waals surface area (Å²) in [7, 11) is 0. The van der Waals surface area contributed by atoms with E-state index in [1.165, 1.54) is 6.42 Å². The molecule has 2 atom stereocenters. The van der Waals surface area contributed by atoms with E-state index in [1.54, 1.807) is 4.68 Å². The highest BCUT2D eigenvalue weighted by molar-refractivity contribution is 5.06. The Balaban J connectivity index is 2.18. The molecule has 2 unspecified atom stereocenters. The van der Waals surface area contributed by atoms with E-state index < -0.39 is 5.54 Å². The van der Waals surface area contributed by atoms with Crippen molar-refractivity contribution in [1.82, 2.24) is 15.0 Å². The van der Waals surface area contributed by atoms with Crippen molar-refractivity contribution >= 4 is 0 Å². The van der Waals surface area contributed by atoms with Crippen LogP contribution in [0.3, 0.4) is 0 Å². The first-order valence-electron chi connectivity index (χ1n) is 6.38. The van der Waals surface area contributed by atoms with Crippen LogP contribution in [0, 0.1) is 0 Å². The predicted molar refractivity (Wildman–Crippen MR) is 65.4 cm³/mol. The number of hydrogen-bond acceptors (Lipinski definition) is 4. The van der Waals surface area contributed by atoms with Crippen molar-refractivity contribution in [2.75, 3.05) is 0 Å². The summed E-state index contributed by atoms with van der Waals surface area (Å²) in [4.78, 5) is 0. The van der Waals surface area contributed by atoms with Crippen LogP contribution in [0.25, 0.3) is 0 Å². The van der Waals surface area contributed by atoms with Gasteiger partial charge in [0.25, 0.3) is 0 Å². The zero-order chi connectivity index (χ0) is 12.5. The Morgan fingerprint density at radius 3 is 2.71 bits per heavy atom. The molecule has 1 heterocycles. The molecule has 0 spiro atoms. The van der Waals surface area contributed by atoms with Crippen LogP contribution in [-0.4, -0.2) is 26.2 Å². The van der Waals surface area contributed by atoms with Gasteiger partial charge in [0.2, 0.25) is 0 Å². The van der Waals surface area contributed by atoms with E-state index in [2.05, 4.69) is 10.3 Å². The third-order valence-electron chi connectivity index (χ3n) is 3.45. The van der Waals surface area contributed by atoms with Crippen LogP contribution in [0.4, 0.5) is 0 Å². The molecule has 5 heteroatoms. The normalized spacial score (nSPS) is 26.8. The largest absolute Gasteiger partial charge is 0.391 e. The zero-order valence-electron chi connectivity index (χ0n) is 10.6. The predicted octanol–water partition coefficient (Wildman–Crippen LogP) is 1.34. The summed E-state index contributed by atoms with van der Waals surface area (Å²) in [6, 6.07) is 0.0566. The van der Waals surface area contributed by atoms with E-state index >= 15 is 0 Å². The summed E-state index contributed by atoms with van der Waals surface area (Å²) >= 11 is 0. The van der Waals surface area contributed by atoms with Crippen LogP contribution in [0.2, 0.25) is 0 Å². The molecule has 1 aromatic rings. The number of rotatable bonds is 2. The van der Waals surface area contributed by atoms with Crippen molar-refractivity contribution in [2.45, 2.75) is 63.6 Å². The lowest BCUT2D eigenvalue weighted by Crippen LogP contribution is -2.29. The van der Waals surface area contributed by atoms with Crippen LogP contribution >= 0.6 is 0 Å². The molecule has 1 fully saturated rings. The van der Waals surface area contributed by atoms with Crippen LogP contribution in [0.1, 0.15) is 57.7 Å². The van der Waals surface area contributed by atoms with Gasteiger partial charge in [0, 0.05) is 0 Å². The Morgan fingerprint density at radius 2 is 2.06 bits per heavy atom. The van der Waals surface area contributed by atoms with Gasteiger partial charge in [0.15, 0.2) is 0 Å². The fourth-order valence-corrected chi connectivity index (χ4v) is 2.31. The lowest BCUT2D eigenvalue weighted by molar-refractivity contribution is 0.0980. The molecule has 1 aliphatic carbocycles. The summed E-state index contributed by atoms with van der Waals surface area (Å²) in [5, 5.41) is 18.3. The minimum absolute atomic E-state index is 0.0566. The summed E-state index contributed by atoms with van der Waals surface area (Å²) in [5.74, 6) is 0. The van der Waals surface area contributed by atoms with Crippen molar-refractivity contribution in [3.63, 3.8) is 0 Å². The summed E-state index contributed by atoms with van der Waals surface area (Å²) < 4.78 is 1.79. The summed E-state index contributed by atoms with van der Waals surface area (Å²) in [5.41, 5.74) is 6.28. The lowest BCUT2D eigenvalue weighted by Gasteiger charge is -2.20. The molecular formula is C12H22N4O. The van der Waals surface area contributed by atoms with E-state index in [1.807, 2.05) is 20.0 Å². The van der Waals surface area contributed by atoms with E-state index in [-0.39, 0.29) is 12.1 Å². The molecule has 2 rings (SSSR count). The molecule has 0 radical (unpaired) electrons. The van der Waals surface area contributed by atoms with Gasteiger partial charge in [-0.15, -0.1) is 5.10 Å². The minimum Gasteiger partial charge on any atom is -0.391 e. The van der Waals surface area contributed by atoms with Crippen molar-refractivity contribution < 1.29 is 5.11 Å². The Morgan fingerprint density at radius 1 is 1.35 bits per heavy atom. The third-order valence-corrected chi connectivity index (χ3v) is 3.45. The van der Waals surface area contributed by atoms with Gasteiger partial charge in [-0.05, 0) is 26.7 Å². The number of aliphatic hydroxyl groups is 1. The average molecular weight is 238 g/mol. The molecule has 1 aliphatic rings. The van der Waals surface area contributed by atoms with Crippen molar-refractivity contribution in [1.29, 1.82) is 0 Å². The van der Waals surface area contributed by atoms with E-state index in [0.717, 1.165) is 31.4 Å². The van der Waals surface area contributed by atoms with Crippen molar-refractivity contribution in [3.8, 4) is 0 Å². The molecule has 3 N–H and O–H groups in total. The maximum atomic E-state index is 10.1. The van der Waals surface area contributed by atoms with Crippen LogP contribution in [-0.2, 0) is 5.54 Å². The van der Waals surface area contributed by atoms with Gasteiger partial charge in [-0.3, -0.25) is 0 Å². The summed E-state index contributed by atoms with van der Waals surface area (Å²) in [6.45, 7) is 3.82. The highest BCUT2D eigenvalue weighted by Crippen LogP contribution is 2.27. The molecular weight excluding hydrogens is 216 g/mol. The lowest BCUT2D eigenvalue weighted by atomic mass is 10.0. The van der Waals surface area contributed by atoms with Crippen LogP contribution < -0.4 is 5.73 Å². The maximum Gasteiger partial charge on any atom is 0.102 e. The third kappa shape index (κ3) is 2.84. The fourth-order valence-electron chi connectivity index (χ4n) is 2.31. The van der Waals surface area contributed by atoms with Gasteiger partial charge < -0.3 is 10.8 Å². The monoisotopic (exact) mass is 238 g/mol. The molecule has 0 saturated heterocycles. The first kappa shape index (κ1) is 12.5. The van der Waals surface area contributed by atoms with Gasteiger partial charge in [-0.1, -0.05) is 24.5 Å². The van der Waals surface area contributed by atoms with Crippen LogP contribution in [0.15, 0.2) is 6.20 Å². The minimum atomic E-state index is -0.478. The topological polar surface area (TPSA) is 77.0 Å². The van der Waals surface area contributed by atoms with Gasteiger partial charge in [0.05, 0.1) is 23.9 Å². The number of nitrogens with two attached hydrogens (primary N) is 1. The Kier molecular flexibility index (Phi) is 3.49. The Bertz CT molecular complexity index is 369. The number of aromatic nitrogens is 3. The molecule has 1 aromatic heterocycles. The van der Waals surface area contributed by atoms with E-state index in [0.29, 0.717) is 0 Å². The molecule has 0 aliphatic heterocycles. The van der Waals surface area contributed by atoms with Gasteiger partial charge in [-0.25, -0.2) is 4.68 Å². The highest BCUT2D eigenvalue weighted by atomic mass is 16.3. The standard InChI is InChI=1S/C12H22N4O/c1-12(2,13)11-8-16(15-14-11)9-6-4-3-5-7-10(9)17/h8-10,17H,3-7,13H2,1-2H3. The maximum absolute atomic E-state index is 10.1. The van der Waals surface area contributed by atoms with Gasteiger partial charge in [-0.2, -0.15) is 0 Å². The molecule has 96 valence electrons. The average Bonchev–Trinajstić information content (AvgIpc) is 2.63. The summed E-state index contributed by atoms with van der Waals surface area (Å²) in [6.07, 6.45) is 6.81. The molecule has 0 bridgehead atoms. The molecule has 1 saturated carbocycles.